The third-order valence-corrected chi connectivity index (χ3v) is 6.59. The highest BCUT2D eigenvalue weighted by atomic mass is 16.3. The number of nitrogens with zero attached hydrogens (tertiary/aromatic N) is 3. The van der Waals surface area contributed by atoms with Crippen molar-refractivity contribution in [1.29, 1.82) is 0 Å². The topological polar surface area (TPSA) is 105 Å². The second kappa shape index (κ2) is 9.13. The zero-order valence-corrected chi connectivity index (χ0v) is 18.6. The molecule has 3 amide bonds. The van der Waals surface area contributed by atoms with Crippen molar-refractivity contribution < 1.29 is 14.0 Å². The highest BCUT2D eigenvalue weighted by Gasteiger charge is 2.29. The van der Waals surface area contributed by atoms with Crippen molar-refractivity contribution in [2.24, 2.45) is 5.73 Å². The van der Waals surface area contributed by atoms with Gasteiger partial charge in [-0.15, -0.1) is 0 Å². The quantitative estimate of drug-likeness (QED) is 0.619. The third kappa shape index (κ3) is 4.51. The van der Waals surface area contributed by atoms with Crippen molar-refractivity contribution in [3.05, 3.63) is 53.9 Å². The van der Waals surface area contributed by atoms with Crippen LogP contribution in [0.25, 0.3) is 11.1 Å². The molecule has 0 spiro atoms. The first kappa shape index (κ1) is 21.3. The number of urea groups is 1. The molecule has 172 valence electrons. The number of aromatic nitrogens is 1. The summed E-state index contributed by atoms with van der Waals surface area (Å²) in [4.78, 5) is 33.7. The smallest absolute Gasteiger partial charge is 0.321 e. The number of amides is 3. The van der Waals surface area contributed by atoms with Gasteiger partial charge in [0, 0.05) is 31.7 Å². The molecular formula is C25H29N5O3. The molecule has 2 aliphatic rings. The Morgan fingerprint density at radius 1 is 1.03 bits per heavy atom. The molecule has 3 aromatic rings. The Hall–Kier alpha value is -3.55. The maximum Gasteiger partial charge on any atom is 0.321 e. The van der Waals surface area contributed by atoms with Gasteiger partial charge in [-0.3, -0.25) is 4.79 Å². The van der Waals surface area contributed by atoms with E-state index in [9.17, 15) is 9.59 Å². The second-order valence-corrected chi connectivity index (χ2v) is 8.88. The standard InChI is InChI=1S/C25H29N5O3/c26-23(31)17-10-11-21(29-12-4-1-5-13-29)20(15-17)28-25(32)30-14-6-7-18(16-30)24-27-19-8-2-3-9-22(19)33-24/h2-3,8-11,15,18H,1,4-7,12-14,16H2,(H2,26,31)(H,28,32). The summed E-state index contributed by atoms with van der Waals surface area (Å²) in [7, 11) is 0. The molecule has 1 unspecified atom stereocenters. The van der Waals surface area contributed by atoms with Crippen molar-refractivity contribution in [2.45, 2.75) is 38.0 Å². The molecule has 1 aromatic heterocycles. The van der Waals surface area contributed by atoms with E-state index in [-0.39, 0.29) is 11.9 Å². The van der Waals surface area contributed by atoms with Gasteiger partial charge in [0.25, 0.3) is 0 Å². The lowest BCUT2D eigenvalue weighted by molar-refractivity contribution is 0.1000. The largest absolute Gasteiger partial charge is 0.440 e. The van der Waals surface area contributed by atoms with Crippen molar-refractivity contribution in [3.63, 3.8) is 0 Å². The maximum absolute atomic E-state index is 13.3. The summed E-state index contributed by atoms with van der Waals surface area (Å²) in [6, 6.07) is 12.8. The maximum atomic E-state index is 13.3. The first-order valence-corrected chi connectivity index (χ1v) is 11.7. The van der Waals surface area contributed by atoms with Crippen molar-refractivity contribution in [1.82, 2.24) is 9.88 Å². The molecule has 3 heterocycles. The van der Waals surface area contributed by atoms with E-state index in [1.165, 1.54) is 6.42 Å². The van der Waals surface area contributed by atoms with Crippen LogP contribution in [0.1, 0.15) is 54.3 Å². The first-order chi connectivity index (χ1) is 16.1. The number of para-hydroxylation sites is 2. The first-order valence-electron chi connectivity index (χ1n) is 11.7. The van der Waals surface area contributed by atoms with Crippen LogP contribution in [-0.2, 0) is 0 Å². The number of nitrogens with one attached hydrogen (secondary N) is 1. The monoisotopic (exact) mass is 447 g/mol. The summed E-state index contributed by atoms with van der Waals surface area (Å²) in [5, 5.41) is 3.06. The molecular weight excluding hydrogens is 418 g/mol. The van der Waals surface area contributed by atoms with Crippen LogP contribution in [0.3, 0.4) is 0 Å². The van der Waals surface area contributed by atoms with Gasteiger partial charge in [-0.1, -0.05) is 12.1 Å². The number of benzene rings is 2. The Morgan fingerprint density at radius 3 is 2.64 bits per heavy atom. The lowest BCUT2D eigenvalue weighted by Gasteiger charge is -2.33. The minimum atomic E-state index is -0.510. The van der Waals surface area contributed by atoms with Gasteiger partial charge in [0.1, 0.15) is 5.52 Å². The number of oxazole rings is 1. The van der Waals surface area contributed by atoms with Crippen molar-refractivity contribution in [3.8, 4) is 0 Å². The molecule has 0 aliphatic carbocycles. The summed E-state index contributed by atoms with van der Waals surface area (Å²) >= 11 is 0. The van der Waals surface area contributed by atoms with Crippen molar-refractivity contribution >= 4 is 34.4 Å². The number of primary amides is 1. The zero-order valence-electron chi connectivity index (χ0n) is 18.6. The van der Waals surface area contributed by atoms with Crippen LogP contribution in [-0.4, -0.2) is 48.0 Å². The number of piperidine rings is 2. The lowest BCUT2D eigenvalue weighted by Crippen LogP contribution is -2.42. The predicted octanol–water partition coefficient (Wildman–Crippen LogP) is 4.33. The highest BCUT2D eigenvalue weighted by Crippen LogP contribution is 2.32. The number of carbonyl (C=O) groups is 2. The van der Waals surface area contributed by atoms with Gasteiger partial charge in [0.2, 0.25) is 5.91 Å². The molecule has 2 fully saturated rings. The van der Waals surface area contributed by atoms with Gasteiger partial charge in [-0.05, 0) is 62.4 Å². The predicted molar refractivity (Wildman–Crippen MR) is 128 cm³/mol. The van der Waals surface area contributed by atoms with E-state index in [2.05, 4.69) is 15.2 Å². The Kier molecular flexibility index (Phi) is 5.90. The fraction of sp³-hybridized carbons (Fsp3) is 0.400. The van der Waals surface area contributed by atoms with Crippen LogP contribution in [0.5, 0.6) is 0 Å². The number of carbonyl (C=O) groups excluding carboxylic acids is 2. The Balaban J connectivity index is 1.34. The number of rotatable bonds is 4. The Bertz CT molecular complexity index is 1130. The van der Waals surface area contributed by atoms with E-state index < -0.39 is 5.91 Å². The number of fused-ring (bicyclic) bond motifs is 1. The number of hydrogen-bond donors (Lipinski definition) is 2. The number of hydrogen-bond acceptors (Lipinski definition) is 5. The molecule has 8 nitrogen and oxygen atoms in total. The zero-order chi connectivity index (χ0) is 22.8. The number of nitrogens with two attached hydrogens (primary N) is 1. The van der Waals surface area contributed by atoms with Gasteiger partial charge in [0.15, 0.2) is 11.5 Å². The summed E-state index contributed by atoms with van der Waals surface area (Å²) < 4.78 is 5.97. The molecule has 2 saturated heterocycles. The van der Waals surface area contributed by atoms with E-state index in [0.29, 0.717) is 30.2 Å². The van der Waals surface area contributed by atoms with Crippen LogP contribution < -0.4 is 16.0 Å². The van der Waals surface area contributed by atoms with E-state index >= 15 is 0 Å². The molecule has 5 rings (SSSR count). The minimum Gasteiger partial charge on any atom is -0.440 e. The molecule has 2 aliphatic heterocycles. The van der Waals surface area contributed by atoms with E-state index in [1.54, 1.807) is 17.0 Å². The number of anilines is 2. The Labute approximate surface area is 192 Å². The third-order valence-electron chi connectivity index (χ3n) is 6.59. The molecule has 33 heavy (non-hydrogen) atoms. The Morgan fingerprint density at radius 2 is 1.85 bits per heavy atom. The molecule has 0 radical (unpaired) electrons. The fourth-order valence-corrected chi connectivity index (χ4v) is 4.82. The van der Waals surface area contributed by atoms with Gasteiger partial charge in [-0.25, -0.2) is 9.78 Å². The average Bonchev–Trinajstić information content (AvgIpc) is 3.29. The molecule has 2 aromatic carbocycles. The minimum absolute atomic E-state index is 0.0513. The van der Waals surface area contributed by atoms with E-state index in [0.717, 1.165) is 55.6 Å². The summed E-state index contributed by atoms with van der Waals surface area (Å²) in [6.45, 7) is 3.06. The lowest BCUT2D eigenvalue weighted by atomic mass is 9.98. The van der Waals surface area contributed by atoms with E-state index in [1.807, 2.05) is 30.3 Å². The molecule has 3 N–H and O–H groups in total. The van der Waals surface area contributed by atoms with Crippen LogP contribution >= 0.6 is 0 Å². The summed E-state index contributed by atoms with van der Waals surface area (Å²) in [6.07, 6.45) is 5.24. The van der Waals surface area contributed by atoms with Crippen molar-refractivity contribution in [2.75, 3.05) is 36.4 Å². The van der Waals surface area contributed by atoms with Crippen LogP contribution in [0.4, 0.5) is 16.2 Å². The average molecular weight is 448 g/mol. The molecule has 1 atom stereocenters. The van der Waals surface area contributed by atoms with Gasteiger partial charge < -0.3 is 25.3 Å². The highest BCUT2D eigenvalue weighted by molar-refractivity contribution is 5.99. The van der Waals surface area contributed by atoms with Gasteiger partial charge >= 0.3 is 6.03 Å². The van der Waals surface area contributed by atoms with Gasteiger partial charge in [-0.2, -0.15) is 0 Å². The number of likely N-dealkylation sites (tertiary alicyclic amines) is 1. The van der Waals surface area contributed by atoms with Gasteiger partial charge in [0.05, 0.1) is 17.3 Å². The molecule has 8 heteroatoms. The fourth-order valence-electron chi connectivity index (χ4n) is 4.82. The van der Waals surface area contributed by atoms with E-state index in [4.69, 9.17) is 10.2 Å². The second-order valence-electron chi connectivity index (χ2n) is 8.88. The normalized spacial score (nSPS) is 19.0. The molecule has 0 bridgehead atoms. The van der Waals surface area contributed by atoms with Crippen LogP contribution in [0.15, 0.2) is 46.9 Å². The summed E-state index contributed by atoms with van der Waals surface area (Å²) in [5.41, 5.74) is 9.05. The van der Waals surface area contributed by atoms with Crippen LogP contribution in [0, 0.1) is 0 Å². The van der Waals surface area contributed by atoms with Crippen LogP contribution in [0.2, 0.25) is 0 Å². The molecule has 0 saturated carbocycles. The SMILES string of the molecule is NC(=O)c1ccc(N2CCCCC2)c(NC(=O)N2CCCC(c3nc4ccccc4o3)C2)c1. The summed E-state index contributed by atoms with van der Waals surface area (Å²) in [5.74, 6) is 0.221.